The van der Waals surface area contributed by atoms with Gasteiger partial charge < -0.3 is 19.5 Å². The van der Waals surface area contributed by atoms with Crippen LogP contribution >= 0.6 is 15.9 Å². The van der Waals surface area contributed by atoms with Gasteiger partial charge in [0, 0.05) is 28.3 Å². The van der Waals surface area contributed by atoms with E-state index in [4.69, 9.17) is 14.2 Å². The number of nitrogens with one attached hydrogen (secondary N) is 1. The number of Topliss-reactive ketones (excluding diaryl/α,β-unsaturated/α-hetero) is 1. The van der Waals surface area contributed by atoms with Crippen LogP contribution in [0.25, 0.3) is 5.70 Å². The summed E-state index contributed by atoms with van der Waals surface area (Å²) in [4.78, 5) is 26.2. The Bertz CT molecular complexity index is 1150. The van der Waals surface area contributed by atoms with E-state index in [-0.39, 0.29) is 5.78 Å². The Labute approximate surface area is 182 Å². The molecule has 0 amide bonds. The molecule has 2 aromatic carbocycles. The molecule has 2 aromatic rings. The molecule has 0 bridgehead atoms. The van der Waals surface area contributed by atoms with Gasteiger partial charge in [0.2, 0.25) is 0 Å². The zero-order valence-electron chi connectivity index (χ0n) is 17.0. The summed E-state index contributed by atoms with van der Waals surface area (Å²) in [6.07, 6.45) is 0. The SMILES string of the molecule is COC(=O)C1=C(C)NC2=C(C(=O)c3ccccc32)[C@@H]1c1cc(Br)c(OC)c(OC)c1. The summed E-state index contributed by atoms with van der Waals surface area (Å²) in [5, 5.41) is 3.27. The third-order valence-corrected chi connectivity index (χ3v) is 6.03. The number of esters is 1. The number of fused-ring (bicyclic) bond motifs is 2. The number of rotatable bonds is 4. The molecule has 1 aliphatic carbocycles. The van der Waals surface area contributed by atoms with E-state index >= 15 is 0 Å². The Morgan fingerprint density at radius 2 is 1.77 bits per heavy atom. The molecule has 0 unspecified atom stereocenters. The van der Waals surface area contributed by atoms with Gasteiger partial charge in [-0.15, -0.1) is 0 Å². The van der Waals surface area contributed by atoms with Gasteiger partial charge in [-0.05, 0) is 40.5 Å². The fourth-order valence-electron chi connectivity index (χ4n) is 4.15. The molecule has 2 aliphatic rings. The van der Waals surface area contributed by atoms with E-state index in [0.29, 0.717) is 38.4 Å². The molecule has 1 atom stereocenters. The van der Waals surface area contributed by atoms with Crippen LogP contribution in [0.4, 0.5) is 0 Å². The van der Waals surface area contributed by atoms with E-state index in [2.05, 4.69) is 21.2 Å². The minimum atomic E-state index is -0.621. The number of allylic oxidation sites excluding steroid dienone is 2. The van der Waals surface area contributed by atoms with Gasteiger partial charge in [0.05, 0.1) is 37.1 Å². The van der Waals surface area contributed by atoms with E-state index < -0.39 is 11.9 Å². The number of ether oxygens (including phenoxy) is 3. The first-order valence-corrected chi connectivity index (χ1v) is 10.1. The van der Waals surface area contributed by atoms with Crippen molar-refractivity contribution in [3.05, 3.63) is 74.4 Å². The van der Waals surface area contributed by atoms with Crippen molar-refractivity contribution < 1.29 is 23.8 Å². The Kier molecular flexibility index (Phi) is 5.15. The number of methoxy groups -OCH3 is 3. The summed E-state index contributed by atoms with van der Waals surface area (Å²) in [6.45, 7) is 1.81. The third-order valence-electron chi connectivity index (χ3n) is 5.44. The number of ketones is 1. The van der Waals surface area contributed by atoms with Gasteiger partial charge in [-0.2, -0.15) is 0 Å². The third kappa shape index (κ3) is 2.92. The molecular weight excluding hydrogens is 450 g/mol. The predicted molar refractivity (Wildman–Crippen MR) is 116 cm³/mol. The van der Waals surface area contributed by atoms with Crippen LogP contribution in [0.3, 0.4) is 0 Å². The monoisotopic (exact) mass is 469 g/mol. The normalized spacial score (nSPS) is 17.4. The van der Waals surface area contributed by atoms with Crippen molar-refractivity contribution in [1.82, 2.24) is 5.32 Å². The first kappa shape index (κ1) is 20.2. The number of dihydropyridines is 1. The maximum atomic E-state index is 13.4. The summed E-state index contributed by atoms with van der Waals surface area (Å²) in [6, 6.07) is 11.1. The molecule has 1 heterocycles. The number of hydrogen-bond donors (Lipinski definition) is 1. The van der Waals surface area contributed by atoms with Gasteiger partial charge in [-0.25, -0.2) is 4.79 Å². The molecule has 0 fully saturated rings. The lowest BCUT2D eigenvalue weighted by Gasteiger charge is -2.29. The van der Waals surface area contributed by atoms with Crippen molar-refractivity contribution in [2.45, 2.75) is 12.8 Å². The molecule has 0 aromatic heterocycles. The molecule has 1 N–H and O–H groups in total. The molecular formula is C23H20BrNO5. The molecule has 154 valence electrons. The van der Waals surface area contributed by atoms with Crippen LogP contribution in [-0.4, -0.2) is 33.1 Å². The van der Waals surface area contributed by atoms with Crippen molar-refractivity contribution in [3.8, 4) is 11.5 Å². The second-order valence-corrected chi connectivity index (χ2v) is 7.84. The van der Waals surface area contributed by atoms with E-state index in [9.17, 15) is 9.59 Å². The molecule has 7 heteroatoms. The first-order valence-electron chi connectivity index (χ1n) is 9.28. The molecule has 4 rings (SSSR count). The van der Waals surface area contributed by atoms with Crippen LogP contribution in [0.15, 0.2) is 57.7 Å². The average molecular weight is 470 g/mol. The van der Waals surface area contributed by atoms with Crippen molar-refractivity contribution in [1.29, 1.82) is 0 Å². The minimum Gasteiger partial charge on any atom is -0.493 e. The maximum Gasteiger partial charge on any atom is 0.336 e. The first-order chi connectivity index (χ1) is 14.4. The van der Waals surface area contributed by atoms with Gasteiger partial charge in [0.1, 0.15) is 0 Å². The summed E-state index contributed by atoms with van der Waals surface area (Å²) < 4.78 is 16.6. The van der Waals surface area contributed by atoms with Gasteiger partial charge in [-0.1, -0.05) is 24.3 Å². The molecule has 30 heavy (non-hydrogen) atoms. The predicted octanol–water partition coefficient (Wildman–Crippen LogP) is 4.21. The fourth-order valence-corrected chi connectivity index (χ4v) is 4.77. The average Bonchev–Trinajstić information content (AvgIpc) is 3.03. The van der Waals surface area contributed by atoms with E-state index in [1.165, 1.54) is 7.11 Å². The molecule has 0 saturated heterocycles. The second-order valence-electron chi connectivity index (χ2n) is 6.99. The van der Waals surface area contributed by atoms with Crippen LogP contribution in [-0.2, 0) is 9.53 Å². The summed E-state index contributed by atoms with van der Waals surface area (Å²) in [5.74, 6) is -0.202. The standard InChI is InChI=1S/C23H20BrNO5/c1-11-17(23(27)30-4)18(12-9-15(24)22(29-3)16(10-12)28-2)19-20(25-11)13-7-5-6-8-14(13)21(19)26/h5-10,18,25H,1-4H3/t18-/m1/s1. The van der Waals surface area contributed by atoms with E-state index in [0.717, 1.165) is 16.8 Å². The smallest absolute Gasteiger partial charge is 0.336 e. The maximum absolute atomic E-state index is 13.4. The van der Waals surface area contributed by atoms with Crippen LogP contribution in [0, 0.1) is 0 Å². The number of halogens is 1. The van der Waals surface area contributed by atoms with Crippen molar-refractivity contribution in [2.75, 3.05) is 21.3 Å². The summed E-state index contributed by atoms with van der Waals surface area (Å²) >= 11 is 3.52. The highest BCUT2D eigenvalue weighted by Gasteiger charge is 2.43. The lowest BCUT2D eigenvalue weighted by Crippen LogP contribution is -2.29. The van der Waals surface area contributed by atoms with Gasteiger partial charge in [0.25, 0.3) is 0 Å². The van der Waals surface area contributed by atoms with Crippen molar-refractivity contribution >= 4 is 33.4 Å². The van der Waals surface area contributed by atoms with Gasteiger partial charge in [0.15, 0.2) is 17.3 Å². The number of carbonyl (C=O) groups excluding carboxylic acids is 2. The van der Waals surface area contributed by atoms with Crippen LogP contribution in [0.5, 0.6) is 11.5 Å². The molecule has 0 saturated carbocycles. The van der Waals surface area contributed by atoms with E-state index in [1.54, 1.807) is 26.4 Å². The van der Waals surface area contributed by atoms with E-state index in [1.807, 2.05) is 31.2 Å². The summed E-state index contributed by atoms with van der Waals surface area (Å²) in [5.41, 5.74) is 4.41. The Balaban J connectivity index is 1.99. The summed E-state index contributed by atoms with van der Waals surface area (Å²) in [7, 11) is 4.42. The molecule has 6 nitrogen and oxygen atoms in total. The highest BCUT2D eigenvalue weighted by Crippen LogP contribution is 2.49. The largest absolute Gasteiger partial charge is 0.493 e. The van der Waals surface area contributed by atoms with Crippen LogP contribution in [0.1, 0.15) is 34.3 Å². The van der Waals surface area contributed by atoms with Gasteiger partial charge >= 0.3 is 5.97 Å². The molecule has 1 aliphatic heterocycles. The quantitative estimate of drug-likeness (QED) is 0.676. The number of carbonyl (C=O) groups is 2. The lowest BCUT2D eigenvalue weighted by molar-refractivity contribution is -0.136. The number of benzene rings is 2. The Morgan fingerprint density at radius 3 is 2.40 bits per heavy atom. The highest BCUT2D eigenvalue weighted by molar-refractivity contribution is 9.10. The topological polar surface area (TPSA) is 73.9 Å². The highest BCUT2D eigenvalue weighted by atomic mass is 79.9. The van der Waals surface area contributed by atoms with Crippen LogP contribution in [0.2, 0.25) is 0 Å². The zero-order chi connectivity index (χ0) is 21.6. The molecule has 0 radical (unpaired) electrons. The van der Waals surface area contributed by atoms with Crippen molar-refractivity contribution in [3.63, 3.8) is 0 Å². The lowest BCUT2D eigenvalue weighted by atomic mass is 9.79. The fraction of sp³-hybridized carbons (Fsp3) is 0.217. The second kappa shape index (κ2) is 7.65. The Hall–Kier alpha value is -3.06. The zero-order valence-corrected chi connectivity index (χ0v) is 18.5. The number of hydrogen-bond acceptors (Lipinski definition) is 6. The minimum absolute atomic E-state index is 0.113. The van der Waals surface area contributed by atoms with Gasteiger partial charge in [-0.3, -0.25) is 4.79 Å². The van der Waals surface area contributed by atoms with Crippen LogP contribution < -0.4 is 14.8 Å². The Morgan fingerprint density at radius 1 is 1.07 bits per heavy atom. The van der Waals surface area contributed by atoms with Crippen molar-refractivity contribution in [2.24, 2.45) is 0 Å². The molecule has 0 spiro atoms.